The van der Waals surface area contributed by atoms with Crippen LogP contribution in [0, 0.1) is 5.92 Å². The monoisotopic (exact) mass is 168 g/mol. The number of thiophene rings is 1. The zero-order chi connectivity index (χ0) is 7.68. The molecule has 0 aromatic carbocycles. The number of hydrogen-bond donors (Lipinski definition) is 2. The summed E-state index contributed by atoms with van der Waals surface area (Å²) >= 11 is 1.78. The molecule has 1 atom stereocenters. The van der Waals surface area contributed by atoms with Crippen molar-refractivity contribution in [3.63, 3.8) is 0 Å². The van der Waals surface area contributed by atoms with Gasteiger partial charge in [-0.25, -0.2) is 0 Å². The number of nitrogens with one attached hydrogen (secondary N) is 1. The van der Waals surface area contributed by atoms with Crippen LogP contribution in [-0.2, 0) is 0 Å². The predicted molar refractivity (Wildman–Crippen MR) is 47.1 cm³/mol. The van der Waals surface area contributed by atoms with E-state index < -0.39 is 0 Å². The maximum atomic E-state index is 5.46. The van der Waals surface area contributed by atoms with Crippen molar-refractivity contribution < 1.29 is 0 Å². The van der Waals surface area contributed by atoms with Crippen LogP contribution in [0.3, 0.4) is 0 Å². The first kappa shape index (κ1) is 7.28. The van der Waals surface area contributed by atoms with Gasteiger partial charge in [-0.3, -0.25) is 11.3 Å². The van der Waals surface area contributed by atoms with Gasteiger partial charge in [0.2, 0.25) is 0 Å². The van der Waals surface area contributed by atoms with E-state index in [9.17, 15) is 0 Å². The molecule has 2 rings (SSSR count). The molecule has 1 saturated carbocycles. The molecule has 0 saturated heterocycles. The first-order valence-corrected chi connectivity index (χ1v) is 4.79. The minimum absolute atomic E-state index is 0.412. The molecular weight excluding hydrogens is 156 g/mol. The summed E-state index contributed by atoms with van der Waals surface area (Å²) in [6.07, 6.45) is 2.65. The highest BCUT2D eigenvalue weighted by molar-refractivity contribution is 7.10. The molecule has 0 radical (unpaired) electrons. The van der Waals surface area contributed by atoms with Crippen LogP contribution >= 0.6 is 11.3 Å². The maximum Gasteiger partial charge on any atom is 0.0581 e. The number of nitrogens with two attached hydrogens (primary N) is 1. The lowest BCUT2D eigenvalue weighted by Gasteiger charge is -2.11. The molecule has 2 nitrogen and oxygen atoms in total. The molecule has 3 heteroatoms. The fraction of sp³-hybridized carbons (Fsp3) is 0.500. The van der Waals surface area contributed by atoms with Gasteiger partial charge >= 0.3 is 0 Å². The molecule has 0 bridgehead atoms. The fourth-order valence-electron chi connectivity index (χ4n) is 1.35. The molecule has 1 heterocycles. The first-order valence-electron chi connectivity index (χ1n) is 3.91. The second-order valence-electron chi connectivity index (χ2n) is 3.00. The Morgan fingerprint density at radius 3 is 2.91 bits per heavy atom. The summed E-state index contributed by atoms with van der Waals surface area (Å²) in [5.41, 5.74) is 2.88. The number of rotatable bonds is 3. The maximum absolute atomic E-state index is 5.46. The van der Waals surface area contributed by atoms with Gasteiger partial charge in [0, 0.05) is 4.88 Å². The molecule has 1 aliphatic carbocycles. The molecular formula is C8H12N2S. The van der Waals surface area contributed by atoms with Crippen LogP contribution in [0.25, 0.3) is 0 Å². The highest BCUT2D eigenvalue weighted by Crippen LogP contribution is 2.41. The molecule has 1 aromatic rings. The van der Waals surface area contributed by atoms with E-state index in [0.29, 0.717) is 6.04 Å². The summed E-state index contributed by atoms with van der Waals surface area (Å²) in [6.45, 7) is 0. The normalized spacial score (nSPS) is 20.1. The van der Waals surface area contributed by atoms with Gasteiger partial charge < -0.3 is 0 Å². The minimum atomic E-state index is 0.412. The Morgan fingerprint density at radius 1 is 1.64 bits per heavy atom. The van der Waals surface area contributed by atoms with Crippen LogP contribution in [0.1, 0.15) is 23.8 Å². The lowest BCUT2D eigenvalue weighted by Crippen LogP contribution is -2.28. The molecule has 0 aliphatic heterocycles. The third-order valence-electron chi connectivity index (χ3n) is 2.12. The molecule has 0 unspecified atom stereocenters. The van der Waals surface area contributed by atoms with Crippen LogP contribution in [0.4, 0.5) is 0 Å². The highest BCUT2D eigenvalue weighted by atomic mass is 32.1. The summed E-state index contributed by atoms with van der Waals surface area (Å²) in [4.78, 5) is 1.37. The number of hydrogen-bond acceptors (Lipinski definition) is 3. The van der Waals surface area contributed by atoms with Crippen molar-refractivity contribution in [3.8, 4) is 0 Å². The van der Waals surface area contributed by atoms with Gasteiger partial charge in [0.25, 0.3) is 0 Å². The van der Waals surface area contributed by atoms with E-state index in [1.807, 2.05) is 0 Å². The Bertz CT molecular complexity index is 216. The Balaban J connectivity index is 2.11. The van der Waals surface area contributed by atoms with Crippen LogP contribution in [0.15, 0.2) is 17.5 Å². The van der Waals surface area contributed by atoms with E-state index in [2.05, 4.69) is 22.9 Å². The molecule has 0 amide bonds. The Hall–Kier alpha value is -0.380. The molecule has 1 fully saturated rings. The minimum Gasteiger partial charge on any atom is -0.271 e. The first-order chi connectivity index (χ1) is 5.42. The molecule has 3 N–H and O–H groups in total. The van der Waals surface area contributed by atoms with E-state index in [1.165, 1.54) is 17.7 Å². The molecule has 0 spiro atoms. The van der Waals surface area contributed by atoms with Crippen LogP contribution in [-0.4, -0.2) is 0 Å². The lowest BCUT2D eigenvalue weighted by atomic mass is 10.1. The van der Waals surface area contributed by atoms with Crippen LogP contribution < -0.4 is 11.3 Å². The molecule has 1 aliphatic rings. The van der Waals surface area contributed by atoms with Crippen molar-refractivity contribution >= 4 is 11.3 Å². The van der Waals surface area contributed by atoms with Crippen molar-refractivity contribution in [1.82, 2.24) is 5.43 Å². The summed E-state index contributed by atoms with van der Waals surface area (Å²) in [7, 11) is 0. The Labute approximate surface area is 70.4 Å². The van der Waals surface area contributed by atoms with Crippen molar-refractivity contribution in [2.45, 2.75) is 18.9 Å². The smallest absolute Gasteiger partial charge is 0.0581 e. The topological polar surface area (TPSA) is 38.0 Å². The molecule has 11 heavy (non-hydrogen) atoms. The zero-order valence-corrected chi connectivity index (χ0v) is 7.10. The van der Waals surface area contributed by atoms with Crippen LogP contribution in [0.5, 0.6) is 0 Å². The van der Waals surface area contributed by atoms with E-state index in [0.717, 1.165) is 5.92 Å². The van der Waals surface area contributed by atoms with Gasteiger partial charge in [-0.05, 0) is 30.2 Å². The van der Waals surface area contributed by atoms with Crippen LogP contribution in [0.2, 0.25) is 0 Å². The lowest BCUT2D eigenvalue weighted by molar-refractivity contribution is 0.504. The third kappa shape index (κ3) is 1.45. The van der Waals surface area contributed by atoms with Crippen molar-refractivity contribution in [3.05, 3.63) is 22.4 Å². The SMILES string of the molecule is NN[C@H](c1cccs1)C1CC1. The van der Waals surface area contributed by atoms with E-state index in [1.54, 1.807) is 11.3 Å². The van der Waals surface area contributed by atoms with Gasteiger partial charge in [-0.2, -0.15) is 0 Å². The summed E-state index contributed by atoms with van der Waals surface area (Å²) < 4.78 is 0. The van der Waals surface area contributed by atoms with E-state index in [4.69, 9.17) is 5.84 Å². The van der Waals surface area contributed by atoms with Gasteiger partial charge in [0.15, 0.2) is 0 Å². The average Bonchev–Trinajstić information content (AvgIpc) is 2.68. The second kappa shape index (κ2) is 2.93. The van der Waals surface area contributed by atoms with E-state index >= 15 is 0 Å². The Kier molecular flexibility index (Phi) is 1.94. The molecule has 1 aromatic heterocycles. The quantitative estimate of drug-likeness (QED) is 0.532. The standard InChI is InChI=1S/C8H12N2S/c9-10-8(6-3-4-6)7-2-1-5-11-7/h1-2,5-6,8,10H,3-4,9H2/t8-/m0/s1. The van der Waals surface area contributed by atoms with Crippen molar-refractivity contribution in [1.29, 1.82) is 0 Å². The Morgan fingerprint density at radius 2 is 2.45 bits per heavy atom. The van der Waals surface area contributed by atoms with Gasteiger partial charge in [0.05, 0.1) is 6.04 Å². The van der Waals surface area contributed by atoms with E-state index in [-0.39, 0.29) is 0 Å². The third-order valence-corrected chi connectivity index (χ3v) is 3.08. The summed E-state index contributed by atoms with van der Waals surface area (Å²) in [5, 5.41) is 2.10. The fourth-order valence-corrected chi connectivity index (χ4v) is 2.23. The summed E-state index contributed by atoms with van der Waals surface area (Å²) in [6, 6.07) is 4.63. The second-order valence-corrected chi connectivity index (χ2v) is 3.98. The largest absolute Gasteiger partial charge is 0.271 e. The average molecular weight is 168 g/mol. The number of hydrazine groups is 1. The van der Waals surface area contributed by atoms with Crippen molar-refractivity contribution in [2.24, 2.45) is 11.8 Å². The van der Waals surface area contributed by atoms with Gasteiger partial charge in [-0.1, -0.05) is 6.07 Å². The summed E-state index contributed by atoms with van der Waals surface area (Å²) in [5.74, 6) is 6.25. The predicted octanol–water partition coefficient (Wildman–Crippen LogP) is 1.66. The van der Waals surface area contributed by atoms with Crippen molar-refractivity contribution in [2.75, 3.05) is 0 Å². The zero-order valence-electron chi connectivity index (χ0n) is 6.29. The van der Waals surface area contributed by atoms with Gasteiger partial charge in [-0.15, -0.1) is 11.3 Å². The highest BCUT2D eigenvalue weighted by Gasteiger charge is 2.31. The van der Waals surface area contributed by atoms with Gasteiger partial charge in [0.1, 0.15) is 0 Å². The molecule has 60 valence electrons.